The highest BCUT2D eigenvalue weighted by Gasteiger charge is 2.31. The fourth-order valence-electron chi connectivity index (χ4n) is 2.61. The van der Waals surface area contributed by atoms with Gasteiger partial charge in [-0.25, -0.2) is 0 Å². The van der Waals surface area contributed by atoms with Gasteiger partial charge in [0.25, 0.3) is 0 Å². The van der Waals surface area contributed by atoms with Crippen molar-refractivity contribution < 1.29 is 22.7 Å². The van der Waals surface area contributed by atoms with E-state index in [0.717, 1.165) is 32.6 Å². The van der Waals surface area contributed by atoms with Crippen LogP contribution in [0.5, 0.6) is 5.75 Å². The molecule has 1 heterocycles. The second kappa shape index (κ2) is 7.85. The highest BCUT2D eigenvalue weighted by atomic mass is 19.4. The molecule has 0 radical (unpaired) electrons. The van der Waals surface area contributed by atoms with Gasteiger partial charge in [0.05, 0.1) is 6.04 Å². The lowest BCUT2D eigenvalue weighted by molar-refractivity contribution is -0.274. The molecule has 5 nitrogen and oxygen atoms in total. The molecule has 1 amide bonds. The molecule has 0 aliphatic carbocycles. The molecule has 24 heavy (non-hydrogen) atoms. The van der Waals surface area contributed by atoms with Crippen LogP contribution in [0.4, 0.5) is 18.9 Å². The Bertz CT molecular complexity index is 548. The summed E-state index contributed by atoms with van der Waals surface area (Å²) in [5, 5.41) is 2.73. The average Bonchev–Trinajstić information content (AvgIpc) is 2.71. The number of anilines is 1. The molecule has 1 fully saturated rings. The Hall–Kier alpha value is -1.80. The van der Waals surface area contributed by atoms with Crippen molar-refractivity contribution in [1.29, 1.82) is 0 Å². The molecule has 0 aromatic heterocycles. The van der Waals surface area contributed by atoms with E-state index in [1.807, 2.05) is 6.92 Å². The van der Waals surface area contributed by atoms with Gasteiger partial charge in [0.15, 0.2) is 0 Å². The summed E-state index contributed by atoms with van der Waals surface area (Å²) in [7, 11) is 2.05. The number of hydrogen-bond donors (Lipinski definition) is 1. The van der Waals surface area contributed by atoms with Gasteiger partial charge >= 0.3 is 6.36 Å². The van der Waals surface area contributed by atoms with Crippen molar-refractivity contribution in [2.24, 2.45) is 0 Å². The average molecular weight is 345 g/mol. The van der Waals surface area contributed by atoms with Gasteiger partial charge in [0.1, 0.15) is 5.75 Å². The number of carbonyl (C=O) groups excluding carboxylic acids is 1. The fraction of sp³-hybridized carbons (Fsp3) is 0.562. The maximum Gasteiger partial charge on any atom is 0.573 e. The predicted octanol–water partition coefficient (Wildman–Crippen LogP) is 2.55. The number of likely N-dealkylation sites (N-methyl/N-ethyl adjacent to an activating group) is 1. The third-order valence-corrected chi connectivity index (χ3v) is 4.04. The number of nitrogens with zero attached hydrogens (tertiary/aromatic N) is 2. The van der Waals surface area contributed by atoms with Crippen LogP contribution in [0.15, 0.2) is 24.3 Å². The standard InChI is InChI=1S/C16H22F3N3O2/c1-12(22-9-3-8-21(2)10-11-22)15(23)20-13-4-6-14(7-5-13)24-16(17,18)19/h4-7,12H,3,8-11H2,1-2H3,(H,20,23). The summed E-state index contributed by atoms with van der Waals surface area (Å²) >= 11 is 0. The van der Waals surface area contributed by atoms with E-state index in [-0.39, 0.29) is 17.7 Å². The van der Waals surface area contributed by atoms with Gasteiger partial charge in [-0.15, -0.1) is 13.2 Å². The van der Waals surface area contributed by atoms with Crippen molar-refractivity contribution in [2.75, 3.05) is 38.5 Å². The van der Waals surface area contributed by atoms with E-state index in [0.29, 0.717) is 5.69 Å². The molecular formula is C16H22F3N3O2. The van der Waals surface area contributed by atoms with Crippen molar-refractivity contribution in [2.45, 2.75) is 25.7 Å². The maximum atomic E-state index is 12.3. The van der Waals surface area contributed by atoms with Crippen LogP contribution in [0.2, 0.25) is 0 Å². The quantitative estimate of drug-likeness (QED) is 0.911. The largest absolute Gasteiger partial charge is 0.573 e. The summed E-state index contributed by atoms with van der Waals surface area (Å²) < 4.78 is 40.2. The molecule has 2 rings (SSSR count). The van der Waals surface area contributed by atoms with Gasteiger partial charge in [-0.1, -0.05) is 0 Å². The van der Waals surface area contributed by atoms with E-state index in [9.17, 15) is 18.0 Å². The molecule has 1 N–H and O–H groups in total. The Kier molecular flexibility index (Phi) is 6.06. The number of carbonyl (C=O) groups is 1. The number of alkyl halides is 3. The third-order valence-electron chi connectivity index (χ3n) is 4.04. The number of halogens is 3. The third kappa shape index (κ3) is 5.68. The highest BCUT2D eigenvalue weighted by molar-refractivity contribution is 5.94. The SMILES string of the molecule is CC(C(=O)Nc1ccc(OC(F)(F)F)cc1)N1CCCN(C)CC1. The monoisotopic (exact) mass is 345 g/mol. The lowest BCUT2D eigenvalue weighted by atomic mass is 10.2. The number of rotatable bonds is 4. The minimum Gasteiger partial charge on any atom is -0.406 e. The molecule has 0 spiro atoms. The molecular weight excluding hydrogens is 323 g/mol. The van der Waals surface area contributed by atoms with Crippen molar-refractivity contribution in [3.8, 4) is 5.75 Å². The number of nitrogens with one attached hydrogen (secondary N) is 1. The lowest BCUT2D eigenvalue weighted by Gasteiger charge is -2.26. The van der Waals surface area contributed by atoms with E-state index in [4.69, 9.17) is 0 Å². The molecule has 1 aromatic rings. The molecule has 8 heteroatoms. The second-order valence-electron chi connectivity index (χ2n) is 5.93. The van der Waals surface area contributed by atoms with Crippen LogP contribution in [0.1, 0.15) is 13.3 Å². The first kappa shape index (κ1) is 18.5. The van der Waals surface area contributed by atoms with Gasteiger partial charge in [-0.3, -0.25) is 9.69 Å². The van der Waals surface area contributed by atoms with E-state index in [2.05, 4.69) is 26.9 Å². The maximum absolute atomic E-state index is 12.3. The van der Waals surface area contributed by atoms with Crippen molar-refractivity contribution in [3.05, 3.63) is 24.3 Å². The first-order chi connectivity index (χ1) is 11.2. The zero-order chi connectivity index (χ0) is 17.7. The van der Waals surface area contributed by atoms with Crippen LogP contribution in [0.25, 0.3) is 0 Å². The zero-order valence-corrected chi connectivity index (χ0v) is 13.8. The summed E-state index contributed by atoms with van der Waals surface area (Å²) in [6.45, 7) is 5.40. The van der Waals surface area contributed by atoms with Crippen LogP contribution in [0, 0.1) is 0 Å². The number of ether oxygens (including phenoxy) is 1. The van der Waals surface area contributed by atoms with E-state index in [1.165, 1.54) is 24.3 Å². The van der Waals surface area contributed by atoms with Crippen LogP contribution in [0.3, 0.4) is 0 Å². The van der Waals surface area contributed by atoms with Gasteiger partial charge < -0.3 is 15.0 Å². The summed E-state index contributed by atoms with van der Waals surface area (Å²) in [4.78, 5) is 16.7. The second-order valence-corrected chi connectivity index (χ2v) is 5.93. The molecule has 1 unspecified atom stereocenters. The Morgan fingerprint density at radius 1 is 1.17 bits per heavy atom. The van der Waals surface area contributed by atoms with Crippen LogP contribution >= 0.6 is 0 Å². The summed E-state index contributed by atoms with van der Waals surface area (Å²) in [6, 6.07) is 4.83. The molecule has 134 valence electrons. The van der Waals surface area contributed by atoms with Gasteiger partial charge in [0.2, 0.25) is 5.91 Å². The van der Waals surface area contributed by atoms with Crippen LogP contribution in [-0.4, -0.2) is 61.3 Å². The van der Waals surface area contributed by atoms with Crippen molar-refractivity contribution in [1.82, 2.24) is 9.80 Å². The summed E-state index contributed by atoms with van der Waals surface area (Å²) in [6.07, 6.45) is -3.73. The predicted molar refractivity (Wildman–Crippen MR) is 84.9 cm³/mol. The zero-order valence-electron chi connectivity index (χ0n) is 13.8. The topological polar surface area (TPSA) is 44.8 Å². The first-order valence-electron chi connectivity index (χ1n) is 7.84. The number of hydrogen-bond acceptors (Lipinski definition) is 4. The minimum absolute atomic E-state index is 0.177. The number of benzene rings is 1. The summed E-state index contributed by atoms with van der Waals surface area (Å²) in [5.41, 5.74) is 0.438. The molecule has 0 saturated carbocycles. The van der Waals surface area contributed by atoms with Gasteiger partial charge in [-0.05, 0) is 51.2 Å². The number of amides is 1. The Morgan fingerprint density at radius 2 is 1.83 bits per heavy atom. The molecule has 1 aromatic carbocycles. The first-order valence-corrected chi connectivity index (χ1v) is 7.84. The Balaban J connectivity index is 1.91. The normalized spacial score (nSPS) is 18.7. The molecule has 0 bridgehead atoms. The van der Waals surface area contributed by atoms with Crippen LogP contribution < -0.4 is 10.1 Å². The van der Waals surface area contributed by atoms with Gasteiger partial charge in [0, 0.05) is 25.3 Å². The van der Waals surface area contributed by atoms with Crippen LogP contribution in [-0.2, 0) is 4.79 Å². The fourth-order valence-corrected chi connectivity index (χ4v) is 2.61. The molecule has 1 atom stereocenters. The Morgan fingerprint density at radius 3 is 2.46 bits per heavy atom. The molecule has 1 saturated heterocycles. The summed E-state index contributed by atoms with van der Waals surface area (Å²) in [5.74, 6) is -0.492. The van der Waals surface area contributed by atoms with E-state index >= 15 is 0 Å². The van der Waals surface area contributed by atoms with Crippen molar-refractivity contribution in [3.63, 3.8) is 0 Å². The Labute approximate surface area is 139 Å². The minimum atomic E-state index is -4.72. The van der Waals surface area contributed by atoms with Gasteiger partial charge in [-0.2, -0.15) is 0 Å². The smallest absolute Gasteiger partial charge is 0.406 e. The lowest BCUT2D eigenvalue weighted by Crippen LogP contribution is -2.43. The van der Waals surface area contributed by atoms with E-state index in [1.54, 1.807) is 0 Å². The highest BCUT2D eigenvalue weighted by Crippen LogP contribution is 2.24. The van der Waals surface area contributed by atoms with E-state index < -0.39 is 6.36 Å². The molecule has 1 aliphatic rings. The molecule has 1 aliphatic heterocycles. The van der Waals surface area contributed by atoms with Crippen molar-refractivity contribution >= 4 is 11.6 Å².